The van der Waals surface area contributed by atoms with Crippen LogP contribution in [0.15, 0.2) is 72.8 Å². The summed E-state index contributed by atoms with van der Waals surface area (Å²) in [6.45, 7) is 3.85. The van der Waals surface area contributed by atoms with Gasteiger partial charge in [0, 0.05) is 23.5 Å². The van der Waals surface area contributed by atoms with Crippen LogP contribution in [0.25, 0.3) is 0 Å². The van der Waals surface area contributed by atoms with Crippen molar-refractivity contribution in [3.8, 4) is 10.9 Å². The molecule has 5 nitrogen and oxygen atoms in total. The van der Waals surface area contributed by atoms with Crippen LogP contribution in [0.3, 0.4) is 0 Å². The lowest BCUT2D eigenvalue weighted by Gasteiger charge is -2.15. The molecule has 0 saturated carbocycles. The van der Waals surface area contributed by atoms with Crippen molar-refractivity contribution >= 4 is 17.4 Å². The van der Waals surface area contributed by atoms with E-state index in [1.165, 1.54) is 12.1 Å². The minimum atomic E-state index is -0.276. The molecule has 0 saturated heterocycles. The topological polar surface area (TPSA) is 64.1 Å². The Morgan fingerprint density at radius 1 is 1.09 bits per heavy atom. The average molecular weight is 448 g/mol. The van der Waals surface area contributed by atoms with Crippen molar-refractivity contribution in [3.05, 3.63) is 107 Å². The van der Waals surface area contributed by atoms with E-state index in [9.17, 15) is 9.18 Å². The molecule has 162 valence electrons. The summed E-state index contributed by atoms with van der Waals surface area (Å²) in [5.74, 6) is 0.691. The number of nitrogens with zero attached hydrogens (tertiary/aromatic N) is 2. The minimum Gasteiger partial charge on any atom is -0.430 e. The molecule has 0 aliphatic heterocycles. The highest BCUT2D eigenvalue weighted by Gasteiger charge is 2.15. The average Bonchev–Trinajstić information content (AvgIpc) is 3.24. The summed E-state index contributed by atoms with van der Waals surface area (Å²) < 4.78 is 23.3. The Labute approximate surface area is 190 Å². The largest absolute Gasteiger partial charge is 0.430 e. The van der Waals surface area contributed by atoms with Gasteiger partial charge in [-0.3, -0.25) is 4.79 Å². The van der Waals surface area contributed by atoms with Crippen molar-refractivity contribution in [1.82, 2.24) is 14.7 Å². The molecule has 32 heavy (non-hydrogen) atoms. The second-order valence-corrected chi connectivity index (χ2v) is 8.18. The molecule has 3 aromatic carbocycles. The standard InChI is InChI=1S/C25H22FN3O2S/c1-16-8-11-20(24(30)27-17(2)19-6-4-3-5-7-19)15-22(16)31-25-28-23(29-32-25)14-18-9-12-21(26)13-10-18/h3-13,15,17H,14H2,1-2H3,(H,27,30). The molecule has 0 aliphatic rings. The summed E-state index contributed by atoms with van der Waals surface area (Å²) in [7, 11) is 0. The number of benzene rings is 3. The summed E-state index contributed by atoms with van der Waals surface area (Å²) in [5, 5.41) is 3.40. The molecule has 0 fully saturated rings. The number of carbonyl (C=O) groups excluding carboxylic acids is 1. The molecule has 0 aliphatic carbocycles. The molecule has 1 N–H and O–H groups in total. The molecule has 7 heteroatoms. The number of hydrogen-bond donors (Lipinski definition) is 1. The van der Waals surface area contributed by atoms with Crippen LogP contribution in [0.5, 0.6) is 10.9 Å². The van der Waals surface area contributed by atoms with E-state index in [0.29, 0.717) is 28.8 Å². The van der Waals surface area contributed by atoms with E-state index in [4.69, 9.17) is 4.74 Å². The second-order valence-electron chi connectivity index (χ2n) is 7.47. The Balaban J connectivity index is 1.44. The molecule has 1 heterocycles. The number of aryl methyl sites for hydroxylation is 1. The molecule has 1 atom stereocenters. The van der Waals surface area contributed by atoms with Gasteiger partial charge in [-0.1, -0.05) is 48.5 Å². The number of aromatic nitrogens is 2. The zero-order chi connectivity index (χ0) is 22.5. The van der Waals surface area contributed by atoms with Crippen molar-refractivity contribution in [2.24, 2.45) is 0 Å². The van der Waals surface area contributed by atoms with Crippen molar-refractivity contribution in [2.45, 2.75) is 26.3 Å². The van der Waals surface area contributed by atoms with Gasteiger partial charge in [0.15, 0.2) is 5.82 Å². The maximum Gasteiger partial charge on any atom is 0.298 e. The molecule has 1 unspecified atom stereocenters. The molecular weight excluding hydrogens is 425 g/mol. The molecule has 1 amide bonds. The highest BCUT2D eigenvalue weighted by molar-refractivity contribution is 7.07. The number of hydrogen-bond acceptors (Lipinski definition) is 5. The smallest absolute Gasteiger partial charge is 0.298 e. The van der Waals surface area contributed by atoms with Gasteiger partial charge in [-0.05, 0) is 54.8 Å². The third-order valence-electron chi connectivity index (χ3n) is 5.02. The van der Waals surface area contributed by atoms with Crippen LogP contribution >= 0.6 is 11.5 Å². The number of rotatable bonds is 7. The Bertz CT molecular complexity index is 1210. The van der Waals surface area contributed by atoms with Crippen molar-refractivity contribution in [3.63, 3.8) is 0 Å². The van der Waals surface area contributed by atoms with E-state index < -0.39 is 0 Å². The number of amides is 1. The third-order valence-corrected chi connectivity index (χ3v) is 5.65. The highest BCUT2D eigenvalue weighted by Crippen LogP contribution is 2.28. The van der Waals surface area contributed by atoms with Crippen LogP contribution in [0.4, 0.5) is 4.39 Å². The maximum atomic E-state index is 13.1. The number of nitrogens with one attached hydrogen (secondary N) is 1. The first kappa shape index (κ1) is 21.6. The Morgan fingerprint density at radius 2 is 1.84 bits per heavy atom. The molecule has 4 rings (SSSR count). The van der Waals surface area contributed by atoms with Gasteiger partial charge in [0.1, 0.15) is 11.6 Å². The molecule has 0 radical (unpaired) electrons. The predicted octanol–water partition coefficient (Wildman–Crippen LogP) is 5.86. The van der Waals surface area contributed by atoms with Gasteiger partial charge in [-0.25, -0.2) is 4.39 Å². The molecule has 4 aromatic rings. The fraction of sp³-hybridized carbons (Fsp3) is 0.160. The molecule has 0 spiro atoms. The Kier molecular flexibility index (Phi) is 6.56. The van der Waals surface area contributed by atoms with Gasteiger partial charge >= 0.3 is 0 Å². The summed E-state index contributed by atoms with van der Waals surface area (Å²) in [6.07, 6.45) is 0.485. The van der Waals surface area contributed by atoms with Gasteiger partial charge in [0.05, 0.1) is 6.04 Å². The number of ether oxygens (including phenoxy) is 1. The summed E-state index contributed by atoms with van der Waals surface area (Å²) in [4.78, 5) is 17.2. The van der Waals surface area contributed by atoms with Crippen LogP contribution in [0, 0.1) is 12.7 Å². The third kappa shape index (κ3) is 5.36. The van der Waals surface area contributed by atoms with Gasteiger partial charge in [0.2, 0.25) is 0 Å². The lowest BCUT2D eigenvalue weighted by Crippen LogP contribution is -2.26. The van der Waals surface area contributed by atoms with Crippen LogP contribution in [-0.2, 0) is 6.42 Å². The van der Waals surface area contributed by atoms with E-state index in [2.05, 4.69) is 14.7 Å². The van der Waals surface area contributed by atoms with Crippen LogP contribution in [0.1, 0.15) is 45.8 Å². The quantitative estimate of drug-likeness (QED) is 0.385. The van der Waals surface area contributed by atoms with Gasteiger partial charge in [0.25, 0.3) is 11.1 Å². The molecule has 0 bridgehead atoms. The van der Waals surface area contributed by atoms with Gasteiger partial charge < -0.3 is 10.1 Å². The highest BCUT2D eigenvalue weighted by atomic mass is 32.1. The number of carbonyl (C=O) groups is 1. The summed E-state index contributed by atoms with van der Waals surface area (Å²) in [6, 6.07) is 21.3. The van der Waals surface area contributed by atoms with Gasteiger partial charge in [-0.2, -0.15) is 9.36 Å². The lowest BCUT2D eigenvalue weighted by atomic mass is 10.1. The Morgan fingerprint density at radius 3 is 2.59 bits per heavy atom. The Hall–Kier alpha value is -3.58. The summed E-state index contributed by atoms with van der Waals surface area (Å²) >= 11 is 1.14. The zero-order valence-corrected chi connectivity index (χ0v) is 18.5. The first-order chi connectivity index (χ1) is 15.5. The molecule has 1 aromatic heterocycles. The SMILES string of the molecule is Cc1ccc(C(=O)NC(C)c2ccccc2)cc1Oc1nc(Cc2ccc(F)cc2)ns1. The normalized spacial score (nSPS) is 11.7. The van der Waals surface area contributed by atoms with Crippen LogP contribution < -0.4 is 10.1 Å². The van der Waals surface area contributed by atoms with Crippen molar-refractivity contribution in [1.29, 1.82) is 0 Å². The minimum absolute atomic E-state index is 0.119. The first-order valence-corrected chi connectivity index (χ1v) is 11.0. The van der Waals surface area contributed by atoms with Crippen LogP contribution in [0.2, 0.25) is 0 Å². The fourth-order valence-electron chi connectivity index (χ4n) is 3.19. The monoisotopic (exact) mass is 447 g/mol. The molecular formula is C25H22FN3O2S. The van der Waals surface area contributed by atoms with E-state index >= 15 is 0 Å². The van der Waals surface area contributed by atoms with E-state index in [1.807, 2.05) is 50.2 Å². The number of halogens is 1. The fourth-order valence-corrected chi connectivity index (χ4v) is 3.75. The predicted molar refractivity (Wildman–Crippen MR) is 123 cm³/mol. The van der Waals surface area contributed by atoms with E-state index in [0.717, 1.165) is 28.2 Å². The maximum absolute atomic E-state index is 13.1. The van der Waals surface area contributed by atoms with E-state index in [-0.39, 0.29) is 17.8 Å². The van der Waals surface area contributed by atoms with E-state index in [1.54, 1.807) is 24.3 Å². The second kappa shape index (κ2) is 9.70. The zero-order valence-electron chi connectivity index (χ0n) is 17.7. The van der Waals surface area contributed by atoms with Gasteiger partial charge in [-0.15, -0.1) is 0 Å². The lowest BCUT2D eigenvalue weighted by molar-refractivity contribution is 0.0939. The van der Waals surface area contributed by atoms with Crippen LogP contribution in [-0.4, -0.2) is 15.3 Å². The summed E-state index contributed by atoms with van der Waals surface area (Å²) in [5.41, 5.74) is 3.34. The van der Waals surface area contributed by atoms with Crippen molar-refractivity contribution < 1.29 is 13.9 Å². The van der Waals surface area contributed by atoms with Crippen molar-refractivity contribution in [2.75, 3.05) is 0 Å². The first-order valence-electron chi connectivity index (χ1n) is 10.2.